The van der Waals surface area contributed by atoms with Gasteiger partial charge in [0.2, 0.25) is 11.9 Å². The standard InChI is InChI=1S/C25H26N8O2/c34-23(13-12-22-26-21-9-5-4-8-20(21)24(35)32(22)18-10-11-18)30-14-16-31(17-15-30)25-27-28-29-33(25)19-6-2-1-3-7-19/h1-9,18H,10-17H2. The first-order valence-corrected chi connectivity index (χ1v) is 12.1. The van der Waals surface area contributed by atoms with Crippen LogP contribution in [-0.2, 0) is 11.2 Å². The fourth-order valence-electron chi connectivity index (χ4n) is 4.73. The summed E-state index contributed by atoms with van der Waals surface area (Å²) in [5, 5.41) is 12.8. The Hall–Kier alpha value is -4.08. The van der Waals surface area contributed by atoms with Crippen LogP contribution in [0, 0.1) is 0 Å². The molecule has 0 bridgehead atoms. The average molecular weight is 471 g/mol. The van der Waals surface area contributed by atoms with Gasteiger partial charge in [0, 0.05) is 45.1 Å². The van der Waals surface area contributed by atoms with Gasteiger partial charge in [0.25, 0.3) is 5.56 Å². The van der Waals surface area contributed by atoms with Crippen molar-refractivity contribution in [2.75, 3.05) is 31.1 Å². The highest BCUT2D eigenvalue weighted by atomic mass is 16.2. The van der Waals surface area contributed by atoms with Gasteiger partial charge in [-0.15, -0.1) is 0 Å². The predicted octanol–water partition coefficient (Wildman–Crippen LogP) is 1.99. The van der Waals surface area contributed by atoms with Gasteiger partial charge in [-0.1, -0.05) is 35.4 Å². The van der Waals surface area contributed by atoms with Crippen LogP contribution in [0.3, 0.4) is 0 Å². The molecule has 2 aromatic heterocycles. The summed E-state index contributed by atoms with van der Waals surface area (Å²) < 4.78 is 3.54. The van der Waals surface area contributed by atoms with Gasteiger partial charge in [-0.2, -0.15) is 4.68 Å². The molecule has 6 rings (SSSR count). The van der Waals surface area contributed by atoms with Crippen molar-refractivity contribution in [3.63, 3.8) is 0 Å². The van der Waals surface area contributed by atoms with Crippen LogP contribution < -0.4 is 10.5 Å². The molecule has 2 aromatic carbocycles. The molecule has 2 fully saturated rings. The number of tetrazole rings is 1. The number of benzene rings is 2. The van der Waals surface area contributed by atoms with Crippen molar-refractivity contribution in [1.29, 1.82) is 0 Å². The van der Waals surface area contributed by atoms with Gasteiger partial charge < -0.3 is 9.80 Å². The van der Waals surface area contributed by atoms with E-state index in [1.165, 1.54) is 0 Å². The number of piperazine rings is 1. The Morgan fingerprint density at radius 3 is 2.46 bits per heavy atom. The van der Waals surface area contributed by atoms with Crippen molar-refractivity contribution in [2.45, 2.75) is 31.7 Å². The second-order valence-electron chi connectivity index (χ2n) is 9.05. The number of para-hydroxylation sites is 2. The molecule has 1 aliphatic carbocycles. The highest BCUT2D eigenvalue weighted by molar-refractivity contribution is 5.78. The number of anilines is 1. The molecule has 2 aliphatic rings. The number of carbonyl (C=O) groups excluding carboxylic acids is 1. The number of aryl methyl sites for hydroxylation is 1. The van der Waals surface area contributed by atoms with Crippen molar-refractivity contribution in [1.82, 2.24) is 34.7 Å². The van der Waals surface area contributed by atoms with E-state index in [1.807, 2.05) is 64.1 Å². The summed E-state index contributed by atoms with van der Waals surface area (Å²) in [5.41, 5.74) is 1.60. The minimum Gasteiger partial charge on any atom is -0.339 e. The number of aromatic nitrogens is 6. The van der Waals surface area contributed by atoms with Crippen LogP contribution in [0.4, 0.5) is 5.95 Å². The molecule has 10 nitrogen and oxygen atoms in total. The Bertz CT molecular complexity index is 1420. The molecule has 0 unspecified atom stereocenters. The van der Waals surface area contributed by atoms with E-state index in [9.17, 15) is 9.59 Å². The van der Waals surface area contributed by atoms with Gasteiger partial charge in [0.05, 0.1) is 16.6 Å². The number of nitrogens with zero attached hydrogens (tertiary/aromatic N) is 8. The Labute approximate surface area is 201 Å². The molecule has 1 saturated carbocycles. The SMILES string of the molecule is O=C(CCc1nc2ccccc2c(=O)n1C1CC1)N1CCN(c2nnnn2-c2ccccc2)CC1. The molecule has 1 saturated heterocycles. The molecule has 0 spiro atoms. The van der Waals surface area contributed by atoms with E-state index in [0.29, 0.717) is 61.7 Å². The molecule has 1 amide bonds. The highest BCUT2D eigenvalue weighted by Crippen LogP contribution is 2.35. The number of hydrogen-bond acceptors (Lipinski definition) is 7. The Morgan fingerprint density at radius 2 is 1.69 bits per heavy atom. The summed E-state index contributed by atoms with van der Waals surface area (Å²) in [4.78, 5) is 34.8. The van der Waals surface area contributed by atoms with Crippen LogP contribution in [0.25, 0.3) is 16.6 Å². The maximum Gasteiger partial charge on any atom is 0.261 e. The van der Waals surface area contributed by atoms with Crippen LogP contribution in [0.5, 0.6) is 0 Å². The van der Waals surface area contributed by atoms with Crippen LogP contribution in [0.15, 0.2) is 59.4 Å². The highest BCUT2D eigenvalue weighted by Gasteiger charge is 2.29. The monoisotopic (exact) mass is 470 g/mol. The number of fused-ring (bicyclic) bond motifs is 1. The summed E-state index contributed by atoms with van der Waals surface area (Å²) in [6.45, 7) is 2.50. The van der Waals surface area contributed by atoms with Gasteiger partial charge in [0.15, 0.2) is 0 Å². The quantitative estimate of drug-likeness (QED) is 0.425. The largest absolute Gasteiger partial charge is 0.339 e. The van der Waals surface area contributed by atoms with Crippen LogP contribution in [0.1, 0.15) is 31.1 Å². The molecule has 0 radical (unpaired) electrons. The third-order valence-corrected chi connectivity index (χ3v) is 6.72. The maximum atomic E-state index is 13.1. The van der Waals surface area contributed by atoms with Gasteiger partial charge in [0.1, 0.15) is 5.82 Å². The second-order valence-corrected chi connectivity index (χ2v) is 9.05. The molecule has 178 valence electrons. The Balaban J connectivity index is 1.12. The predicted molar refractivity (Wildman–Crippen MR) is 131 cm³/mol. The molecule has 1 aliphatic heterocycles. The molecule has 0 atom stereocenters. The third-order valence-electron chi connectivity index (χ3n) is 6.72. The average Bonchev–Trinajstić information content (AvgIpc) is 3.62. The lowest BCUT2D eigenvalue weighted by Gasteiger charge is -2.34. The lowest BCUT2D eigenvalue weighted by Crippen LogP contribution is -2.49. The first kappa shape index (κ1) is 21.5. The molecular formula is C25H26N8O2. The minimum absolute atomic E-state index is 0.00491. The van der Waals surface area contributed by atoms with E-state index in [4.69, 9.17) is 4.98 Å². The zero-order valence-corrected chi connectivity index (χ0v) is 19.3. The van der Waals surface area contributed by atoms with Gasteiger partial charge in [-0.25, -0.2) is 4.98 Å². The Morgan fingerprint density at radius 1 is 0.943 bits per heavy atom. The minimum atomic E-state index is 0.00491. The van der Waals surface area contributed by atoms with Crippen molar-refractivity contribution in [2.24, 2.45) is 0 Å². The summed E-state index contributed by atoms with van der Waals surface area (Å²) in [7, 11) is 0. The Kier molecular flexibility index (Phi) is 5.48. The summed E-state index contributed by atoms with van der Waals surface area (Å²) >= 11 is 0. The number of hydrogen-bond donors (Lipinski definition) is 0. The number of amides is 1. The van der Waals surface area contributed by atoms with Crippen molar-refractivity contribution in [3.8, 4) is 5.69 Å². The number of rotatable bonds is 6. The fourth-order valence-corrected chi connectivity index (χ4v) is 4.73. The van der Waals surface area contributed by atoms with E-state index in [2.05, 4.69) is 20.4 Å². The molecule has 3 heterocycles. The van der Waals surface area contributed by atoms with E-state index in [0.717, 1.165) is 18.5 Å². The first-order chi connectivity index (χ1) is 17.2. The van der Waals surface area contributed by atoms with E-state index in [-0.39, 0.29) is 17.5 Å². The molecule has 4 aromatic rings. The van der Waals surface area contributed by atoms with Crippen molar-refractivity contribution >= 4 is 22.8 Å². The zero-order valence-electron chi connectivity index (χ0n) is 19.3. The van der Waals surface area contributed by atoms with Gasteiger partial charge in [-0.3, -0.25) is 14.2 Å². The van der Waals surface area contributed by atoms with E-state index < -0.39 is 0 Å². The van der Waals surface area contributed by atoms with Crippen LogP contribution >= 0.6 is 0 Å². The maximum absolute atomic E-state index is 13.1. The molecule has 0 N–H and O–H groups in total. The zero-order chi connectivity index (χ0) is 23.8. The lowest BCUT2D eigenvalue weighted by molar-refractivity contribution is -0.131. The molecule has 10 heteroatoms. The lowest BCUT2D eigenvalue weighted by atomic mass is 10.2. The molecular weight excluding hydrogens is 444 g/mol. The van der Waals surface area contributed by atoms with Crippen LogP contribution in [0.2, 0.25) is 0 Å². The summed E-state index contributed by atoms with van der Waals surface area (Å²) in [5.74, 6) is 1.47. The first-order valence-electron chi connectivity index (χ1n) is 12.1. The number of carbonyl (C=O) groups is 1. The van der Waals surface area contributed by atoms with Gasteiger partial charge >= 0.3 is 0 Å². The summed E-state index contributed by atoms with van der Waals surface area (Å²) in [6.07, 6.45) is 2.78. The van der Waals surface area contributed by atoms with E-state index in [1.54, 1.807) is 4.68 Å². The van der Waals surface area contributed by atoms with Gasteiger partial charge in [-0.05, 0) is 47.5 Å². The fraction of sp³-hybridized carbons (Fsp3) is 0.360. The second kappa shape index (κ2) is 8.94. The summed E-state index contributed by atoms with van der Waals surface area (Å²) in [6, 6.07) is 17.4. The smallest absolute Gasteiger partial charge is 0.261 e. The van der Waals surface area contributed by atoms with E-state index >= 15 is 0 Å². The van der Waals surface area contributed by atoms with Crippen molar-refractivity contribution in [3.05, 3.63) is 70.8 Å². The van der Waals surface area contributed by atoms with Crippen LogP contribution in [-0.4, -0.2) is 66.7 Å². The molecule has 35 heavy (non-hydrogen) atoms. The normalized spacial score (nSPS) is 16.1. The van der Waals surface area contributed by atoms with Crippen molar-refractivity contribution < 1.29 is 4.79 Å². The topological polar surface area (TPSA) is 102 Å². The third kappa shape index (κ3) is 4.16.